The quantitative estimate of drug-likeness (QED) is 0.744. The minimum atomic E-state index is 0.237. The summed E-state index contributed by atoms with van der Waals surface area (Å²) in [5, 5.41) is 7.78. The molecule has 0 aromatic heterocycles. The minimum absolute atomic E-state index is 0.237. The van der Waals surface area contributed by atoms with Crippen LogP contribution in [0, 0.1) is 5.92 Å². The number of nitrogens with one attached hydrogen (secondary N) is 2. The van der Waals surface area contributed by atoms with E-state index in [0.717, 1.165) is 18.0 Å². The molecule has 0 aromatic rings. The summed E-state index contributed by atoms with van der Waals surface area (Å²) in [5.74, 6) is 0.822. The van der Waals surface area contributed by atoms with E-state index in [1.54, 1.807) is 0 Å². The number of rotatable bonds is 2. The van der Waals surface area contributed by atoms with Crippen LogP contribution in [0.15, 0.2) is 0 Å². The van der Waals surface area contributed by atoms with Gasteiger partial charge in [0, 0.05) is 34.2 Å². The standard InChI is InChI=1S/C23H45N3/c1-20(2)13-17(14-21(3,4)24-20)19-11-9-10-12-26(19)18-15-22(5,6)25-23(7,8)16-18/h17-19,24-25H,9-16H2,1-8H3. The highest BCUT2D eigenvalue weighted by atomic mass is 15.2. The van der Waals surface area contributed by atoms with Gasteiger partial charge in [-0.2, -0.15) is 0 Å². The van der Waals surface area contributed by atoms with E-state index >= 15 is 0 Å². The second-order valence-corrected chi connectivity index (χ2v) is 12.3. The zero-order chi connectivity index (χ0) is 19.4. The molecule has 0 aliphatic carbocycles. The van der Waals surface area contributed by atoms with Gasteiger partial charge in [0.1, 0.15) is 0 Å². The minimum Gasteiger partial charge on any atom is -0.307 e. The Hall–Kier alpha value is -0.120. The normalized spacial score (nSPS) is 35.3. The summed E-state index contributed by atoms with van der Waals surface area (Å²) >= 11 is 0. The van der Waals surface area contributed by atoms with Crippen molar-refractivity contribution in [2.45, 2.75) is 135 Å². The first-order valence-electron chi connectivity index (χ1n) is 11.1. The lowest BCUT2D eigenvalue weighted by Gasteiger charge is -2.56. The van der Waals surface area contributed by atoms with Crippen LogP contribution in [0.5, 0.6) is 0 Å². The lowest BCUT2D eigenvalue weighted by Crippen LogP contribution is -2.66. The lowest BCUT2D eigenvalue weighted by atomic mass is 9.70. The van der Waals surface area contributed by atoms with Gasteiger partial charge in [-0.1, -0.05) is 6.42 Å². The van der Waals surface area contributed by atoms with Gasteiger partial charge < -0.3 is 10.6 Å². The van der Waals surface area contributed by atoms with Crippen molar-refractivity contribution in [2.75, 3.05) is 6.54 Å². The van der Waals surface area contributed by atoms with Gasteiger partial charge in [-0.25, -0.2) is 0 Å². The van der Waals surface area contributed by atoms with Crippen LogP contribution in [-0.4, -0.2) is 45.7 Å². The Kier molecular flexibility index (Phi) is 5.34. The molecule has 2 N–H and O–H groups in total. The molecule has 0 aromatic carbocycles. The van der Waals surface area contributed by atoms with Crippen LogP contribution in [0.25, 0.3) is 0 Å². The van der Waals surface area contributed by atoms with E-state index in [0.29, 0.717) is 0 Å². The molecule has 3 fully saturated rings. The Morgan fingerprint density at radius 2 is 1.12 bits per heavy atom. The molecule has 0 radical (unpaired) electrons. The molecule has 152 valence electrons. The van der Waals surface area contributed by atoms with E-state index in [-0.39, 0.29) is 22.2 Å². The maximum absolute atomic E-state index is 3.89. The van der Waals surface area contributed by atoms with Crippen molar-refractivity contribution in [3.05, 3.63) is 0 Å². The molecule has 3 nitrogen and oxygen atoms in total. The lowest BCUT2D eigenvalue weighted by molar-refractivity contribution is -0.0235. The zero-order valence-corrected chi connectivity index (χ0v) is 18.8. The van der Waals surface area contributed by atoms with Crippen LogP contribution in [0.1, 0.15) is 100 Å². The first-order chi connectivity index (χ1) is 11.8. The van der Waals surface area contributed by atoms with Gasteiger partial charge in [0.2, 0.25) is 0 Å². The molecule has 0 spiro atoms. The van der Waals surface area contributed by atoms with Crippen molar-refractivity contribution < 1.29 is 0 Å². The molecule has 3 saturated heterocycles. The van der Waals surface area contributed by atoms with Crippen LogP contribution in [0.2, 0.25) is 0 Å². The van der Waals surface area contributed by atoms with E-state index in [2.05, 4.69) is 70.9 Å². The van der Waals surface area contributed by atoms with E-state index < -0.39 is 0 Å². The maximum Gasteiger partial charge on any atom is 0.0145 e. The van der Waals surface area contributed by atoms with Gasteiger partial charge in [-0.15, -0.1) is 0 Å². The molecule has 0 bridgehead atoms. The molecule has 1 unspecified atom stereocenters. The molecule has 26 heavy (non-hydrogen) atoms. The highest BCUT2D eigenvalue weighted by Gasteiger charge is 2.46. The molecule has 3 aliphatic heterocycles. The third kappa shape index (κ3) is 4.83. The topological polar surface area (TPSA) is 27.3 Å². The molecule has 1 atom stereocenters. The Bertz CT molecular complexity index is 428. The van der Waals surface area contributed by atoms with Crippen LogP contribution in [-0.2, 0) is 0 Å². The van der Waals surface area contributed by atoms with E-state index in [1.165, 1.54) is 51.5 Å². The Morgan fingerprint density at radius 3 is 1.62 bits per heavy atom. The summed E-state index contributed by atoms with van der Waals surface area (Å²) in [7, 11) is 0. The number of piperidine rings is 3. The number of nitrogens with zero attached hydrogens (tertiary/aromatic N) is 1. The largest absolute Gasteiger partial charge is 0.307 e. The molecular weight excluding hydrogens is 318 g/mol. The van der Waals surface area contributed by atoms with Crippen LogP contribution < -0.4 is 10.6 Å². The second kappa shape index (κ2) is 6.74. The zero-order valence-electron chi connectivity index (χ0n) is 18.8. The van der Waals surface area contributed by atoms with Crippen molar-refractivity contribution >= 4 is 0 Å². The van der Waals surface area contributed by atoms with Crippen LogP contribution >= 0.6 is 0 Å². The highest BCUT2D eigenvalue weighted by molar-refractivity contribution is 5.05. The summed E-state index contributed by atoms with van der Waals surface area (Å²) in [6.45, 7) is 20.5. The molecule has 3 heterocycles. The van der Waals surface area contributed by atoms with Crippen molar-refractivity contribution in [3.8, 4) is 0 Å². The molecule has 3 aliphatic rings. The van der Waals surface area contributed by atoms with Crippen molar-refractivity contribution in [1.29, 1.82) is 0 Å². The van der Waals surface area contributed by atoms with Gasteiger partial charge in [0.05, 0.1) is 0 Å². The van der Waals surface area contributed by atoms with Gasteiger partial charge in [0.15, 0.2) is 0 Å². The molecule has 0 saturated carbocycles. The van der Waals surface area contributed by atoms with Gasteiger partial charge in [-0.3, -0.25) is 4.90 Å². The number of likely N-dealkylation sites (tertiary alicyclic amines) is 1. The SMILES string of the molecule is CC1(C)CC(C2CCCCN2C2CC(C)(C)NC(C)(C)C2)CC(C)(C)N1. The Morgan fingerprint density at radius 1 is 0.654 bits per heavy atom. The van der Waals surface area contributed by atoms with E-state index in [4.69, 9.17) is 0 Å². The third-order valence-electron chi connectivity index (χ3n) is 7.00. The van der Waals surface area contributed by atoms with Crippen LogP contribution in [0.3, 0.4) is 0 Å². The Labute approximate surface area is 163 Å². The first-order valence-corrected chi connectivity index (χ1v) is 11.1. The predicted octanol–water partition coefficient (Wildman–Crippen LogP) is 4.71. The molecular formula is C23H45N3. The number of hydrogen-bond donors (Lipinski definition) is 2. The van der Waals surface area contributed by atoms with E-state index in [1.807, 2.05) is 0 Å². The van der Waals surface area contributed by atoms with Crippen LogP contribution in [0.4, 0.5) is 0 Å². The summed E-state index contributed by atoms with van der Waals surface area (Å²) < 4.78 is 0. The first kappa shape index (κ1) is 20.6. The van der Waals surface area contributed by atoms with Gasteiger partial charge in [-0.05, 0) is 106 Å². The fraction of sp³-hybridized carbons (Fsp3) is 1.00. The molecule has 0 amide bonds. The predicted molar refractivity (Wildman–Crippen MR) is 113 cm³/mol. The number of hydrogen-bond acceptors (Lipinski definition) is 3. The third-order valence-corrected chi connectivity index (χ3v) is 7.00. The van der Waals surface area contributed by atoms with Gasteiger partial charge in [0.25, 0.3) is 0 Å². The fourth-order valence-electron chi connectivity index (χ4n) is 7.12. The maximum atomic E-state index is 3.89. The highest BCUT2D eigenvalue weighted by Crippen LogP contribution is 2.42. The van der Waals surface area contributed by atoms with Crippen molar-refractivity contribution in [3.63, 3.8) is 0 Å². The second-order valence-electron chi connectivity index (χ2n) is 12.3. The van der Waals surface area contributed by atoms with E-state index in [9.17, 15) is 0 Å². The van der Waals surface area contributed by atoms with Crippen molar-refractivity contribution in [1.82, 2.24) is 15.5 Å². The summed E-state index contributed by atoms with van der Waals surface area (Å²) in [6.07, 6.45) is 9.41. The molecule has 3 rings (SSSR count). The summed E-state index contributed by atoms with van der Waals surface area (Å²) in [6, 6.07) is 1.51. The summed E-state index contributed by atoms with van der Waals surface area (Å²) in [5.41, 5.74) is 0.979. The summed E-state index contributed by atoms with van der Waals surface area (Å²) in [4.78, 5) is 2.97. The van der Waals surface area contributed by atoms with Gasteiger partial charge >= 0.3 is 0 Å². The molecule has 3 heteroatoms. The Balaban J connectivity index is 1.82. The smallest absolute Gasteiger partial charge is 0.0145 e. The van der Waals surface area contributed by atoms with Crippen molar-refractivity contribution in [2.24, 2.45) is 5.92 Å². The average molecular weight is 364 g/mol. The fourth-order valence-corrected chi connectivity index (χ4v) is 7.12. The average Bonchev–Trinajstić information content (AvgIpc) is 2.40. The monoisotopic (exact) mass is 363 g/mol.